The number of carbonyl (C=O) groups excluding carboxylic acids is 3. The molecule has 41 heavy (non-hydrogen) atoms. The quantitative estimate of drug-likeness (QED) is 0.278. The van der Waals surface area contributed by atoms with Gasteiger partial charge in [-0.05, 0) is 59.0 Å². The molecule has 1 atom stereocenters. The molecule has 3 amide bonds. The summed E-state index contributed by atoms with van der Waals surface area (Å²) in [6, 6.07) is 27.4. The highest BCUT2D eigenvalue weighted by Crippen LogP contribution is 2.39. The molecule has 208 valence electrons. The predicted molar refractivity (Wildman–Crippen MR) is 157 cm³/mol. The van der Waals surface area contributed by atoms with Gasteiger partial charge in [-0.1, -0.05) is 66.7 Å². The smallest absolute Gasteiger partial charge is 0.251 e. The third-order valence-electron chi connectivity index (χ3n) is 7.16. The first-order chi connectivity index (χ1) is 19.9. The van der Waals surface area contributed by atoms with Gasteiger partial charge in [-0.15, -0.1) is 0 Å². The number of halogens is 1. The van der Waals surface area contributed by atoms with E-state index >= 15 is 0 Å². The van der Waals surface area contributed by atoms with Crippen LogP contribution in [0.1, 0.15) is 51.5 Å². The SMILES string of the molecule is NCc1cccc(CNC(=O)c2ccc3c(c2)NC(=O)CC(c2ccc(F)cc2)N3C(=O)CCc2ccccc2)c1. The summed E-state index contributed by atoms with van der Waals surface area (Å²) in [6.45, 7) is 0.721. The van der Waals surface area contributed by atoms with Crippen LogP contribution in [0.4, 0.5) is 15.8 Å². The summed E-state index contributed by atoms with van der Waals surface area (Å²) < 4.78 is 13.7. The highest BCUT2D eigenvalue weighted by molar-refractivity contribution is 6.06. The number of nitrogens with one attached hydrogen (secondary N) is 2. The van der Waals surface area contributed by atoms with E-state index in [0.717, 1.165) is 16.7 Å². The number of aryl methyl sites for hydroxylation is 1. The van der Waals surface area contributed by atoms with Crippen molar-refractivity contribution in [2.24, 2.45) is 5.73 Å². The summed E-state index contributed by atoms with van der Waals surface area (Å²) in [5.41, 5.74) is 10.5. The Kier molecular flexibility index (Phi) is 8.50. The average molecular weight is 551 g/mol. The van der Waals surface area contributed by atoms with E-state index in [0.29, 0.717) is 42.0 Å². The maximum atomic E-state index is 13.8. The predicted octanol–water partition coefficient (Wildman–Crippen LogP) is 5.26. The van der Waals surface area contributed by atoms with Crippen molar-refractivity contribution in [3.05, 3.63) is 131 Å². The maximum absolute atomic E-state index is 13.8. The van der Waals surface area contributed by atoms with E-state index in [-0.39, 0.29) is 30.6 Å². The van der Waals surface area contributed by atoms with Gasteiger partial charge >= 0.3 is 0 Å². The molecule has 4 N–H and O–H groups in total. The first kappa shape index (κ1) is 27.7. The molecule has 1 heterocycles. The highest BCUT2D eigenvalue weighted by Gasteiger charge is 2.33. The van der Waals surface area contributed by atoms with Crippen LogP contribution in [0, 0.1) is 5.82 Å². The molecule has 1 aliphatic heterocycles. The summed E-state index contributed by atoms with van der Waals surface area (Å²) in [6.07, 6.45) is 0.713. The fraction of sp³-hybridized carbons (Fsp3) is 0.182. The lowest BCUT2D eigenvalue weighted by Gasteiger charge is -2.31. The fourth-order valence-electron chi connectivity index (χ4n) is 5.05. The first-order valence-corrected chi connectivity index (χ1v) is 13.5. The molecule has 0 saturated carbocycles. The third-order valence-corrected chi connectivity index (χ3v) is 7.16. The molecule has 0 spiro atoms. The number of hydrogen-bond donors (Lipinski definition) is 3. The van der Waals surface area contributed by atoms with Gasteiger partial charge < -0.3 is 21.3 Å². The molecule has 1 aliphatic rings. The summed E-state index contributed by atoms with van der Waals surface area (Å²) >= 11 is 0. The van der Waals surface area contributed by atoms with Gasteiger partial charge in [0.1, 0.15) is 5.82 Å². The van der Waals surface area contributed by atoms with Crippen LogP contribution in [-0.4, -0.2) is 17.7 Å². The zero-order valence-corrected chi connectivity index (χ0v) is 22.5. The van der Waals surface area contributed by atoms with Crippen molar-refractivity contribution in [1.82, 2.24) is 5.32 Å². The molecular formula is C33H31FN4O3. The number of nitrogens with zero attached hydrogens (tertiary/aromatic N) is 1. The van der Waals surface area contributed by atoms with Gasteiger partial charge in [0.25, 0.3) is 5.91 Å². The molecule has 0 saturated heterocycles. The van der Waals surface area contributed by atoms with Crippen molar-refractivity contribution in [2.45, 2.75) is 38.4 Å². The standard InChI is InChI=1S/C33H31FN4O3/c34-27-13-10-25(11-14-27)30-19-31(39)37-28-18-26(33(41)36-21-24-8-4-7-23(17-24)20-35)12-15-29(28)38(30)32(40)16-9-22-5-2-1-3-6-22/h1-8,10-15,17-18,30H,9,16,19-21,35H2,(H,36,41)(H,37,39). The van der Waals surface area contributed by atoms with Crippen molar-refractivity contribution in [3.63, 3.8) is 0 Å². The Bertz CT molecular complexity index is 1560. The topological polar surface area (TPSA) is 105 Å². The van der Waals surface area contributed by atoms with Crippen LogP contribution in [-0.2, 0) is 29.1 Å². The molecule has 0 bridgehead atoms. The molecular weight excluding hydrogens is 519 g/mol. The number of hydrogen-bond acceptors (Lipinski definition) is 4. The van der Waals surface area contributed by atoms with Crippen molar-refractivity contribution in [3.8, 4) is 0 Å². The minimum atomic E-state index is -0.644. The molecule has 5 rings (SSSR count). The normalized spacial score (nSPS) is 14.5. The van der Waals surface area contributed by atoms with Crippen molar-refractivity contribution in [2.75, 3.05) is 10.2 Å². The molecule has 7 nitrogen and oxygen atoms in total. The minimum absolute atomic E-state index is 0.0175. The Morgan fingerprint density at radius 2 is 1.63 bits per heavy atom. The van der Waals surface area contributed by atoms with Gasteiger partial charge in [0, 0.05) is 25.1 Å². The molecule has 4 aromatic rings. The van der Waals surface area contributed by atoms with Crippen LogP contribution in [0.2, 0.25) is 0 Å². The summed E-state index contributed by atoms with van der Waals surface area (Å²) in [7, 11) is 0. The number of anilines is 2. The first-order valence-electron chi connectivity index (χ1n) is 13.5. The van der Waals surface area contributed by atoms with E-state index in [1.54, 1.807) is 35.2 Å². The van der Waals surface area contributed by atoms with Gasteiger partial charge in [0.15, 0.2) is 0 Å². The van der Waals surface area contributed by atoms with Gasteiger partial charge in [-0.3, -0.25) is 14.4 Å². The second kappa shape index (κ2) is 12.6. The number of nitrogens with two attached hydrogens (primary N) is 1. The molecule has 0 aromatic heterocycles. The monoisotopic (exact) mass is 550 g/mol. The number of amides is 3. The molecule has 0 fully saturated rings. The van der Waals surface area contributed by atoms with E-state index in [1.165, 1.54) is 12.1 Å². The number of rotatable bonds is 8. The molecule has 0 radical (unpaired) electrons. The molecule has 0 aliphatic carbocycles. The number of carbonyl (C=O) groups is 3. The summed E-state index contributed by atoms with van der Waals surface area (Å²) in [5, 5.41) is 5.78. The van der Waals surface area contributed by atoms with Crippen molar-refractivity contribution < 1.29 is 18.8 Å². The fourth-order valence-corrected chi connectivity index (χ4v) is 5.05. The zero-order valence-electron chi connectivity index (χ0n) is 22.5. The van der Waals surface area contributed by atoms with Gasteiger partial charge in [-0.2, -0.15) is 0 Å². The third kappa shape index (κ3) is 6.67. The largest absolute Gasteiger partial charge is 0.348 e. The Morgan fingerprint density at radius 3 is 2.39 bits per heavy atom. The average Bonchev–Trinajstić information content (AvgIpc) is 3.14. The molecule has 1 unspecified atom stereocenters. The van der Waals surface area contributed by atoms with Crippen molar-refractivity contribution >= 4 is 29.1 Å². The summed E-state index contributed by atoms with van der Waals surface area (Å²) in [4.78, 5) is 41.5. The van der Waals surface area contributed by atoms with E-state index in [9.17, 15) is 18.8 Å². The summed E-state index contributed by atoms with van der Waals surface area (Å²) in [5.74, 6) is -1.21. The second-order valence-corrected chi connectivity index (χ2v) is 10.0. The van der Waals surface area contributed by atoms with Gasteiger partial charge in [0.05, 0.1) is 23.8 Å². The lowest BCUT2D eigenvalue weighted by Crippen LogP contribution is -2.35. The van der Waals surface area contributed by atoms with Crippen LogP contribution < -0.4 is 21.3 Å². The number of benzene rings is 4. The molecule has 8 heteroatoms. The second-order valence-electron chi connectivity index (χ2n) is 10.0. The van der Waals surface area contributed by atoms with Crippen LogP contribution in [0.3, 0.4) is 0 Å². The van der Waals surface area contributed by atoms with E-state index in [2.05, 4.69) is 10.6 Å². The zero-order chi connectivity index (χ0) is 28.8. The van der Waals surface area contributed by atoms with Crippen molar-refractivity contribution in [1.29, 1.82) is 0 Å². The van der Waals surface area contributed by atoms with E-state index < -0.39 is 11.9 Å². The Balaban J connectivity index is 1.44. The van der Waals surface area contributed by atoms with Crippen LogP contribution in [0.25, 0.3) is 0 Å². The Hall–Kier alpha value is -4.82. The lowest BCUT2D eigenvalue weighted by atomic mass is 9.99. The highest BCUT2D eigenvalue weighted by atomic mass is 19.1. The van der Waals surface area contributed by atoms with E-state index in [1.807, 2.05) is 54.6 Å². The Labute approximate surface area is 238 Å². The van der Waals surface area contributed by atoms with E-state index in [4.69, 9.17) is 5.73 Å². The van der Waals surface area contributed by atoms with Crippen LogP contribution in [0.15, 0.2) is 97.1 Å². The lowest BCUT2D eigenvalue weighted by molar-refractivity contribution is -0.119. The number of fused-ring (bicyclic) bond motifs is 1. The van der Waals surface area contributed by atoms with Gasteiger partial charge in [0.2, 0.25) is 11.8 Å². The Morgan fingerprint density at radius 1 is 0.902 bits per heavy atom. The van der Waals surface area contributed by atoms with Crippen LogP contribution in [0.5, 0.6) is 0 Å². The molecule has 4 aromatic carbocycles. The van der Waals surface area contributed by atoms with Gasteiger partial charge in [-0.25, -0.2) is 4.39 Å². The maximum Gasteiger partial charge on any atom is 0.251 e. The minimum Gasteiger partial charge on any atom is -0.348 e. The van der Waals surface area contributed by atoms with Crippen LogP contribution >= 0.6 is 0 Å².